The molecule has 0 fully saturated rings. The Hall–Kier alpha value is -2.46. The molecule has 0 aliphatic rings. The summed E-state index contributed by atoms with van der Waals surface area (Å²) in [6.45, 7) is -2.39. The number of nitrogens with one attached hydrogen (secondary N) is 3. The highest BCUT2D eigenvalue weighted by molar-refractivity contribution is 5.96. The van der Waals surface area contributed by atoms with E-state index in [-0.39, 0.29) is 0 Å². The van der Waals surface area contributed by atoms with Gasteiger partial charge in [0.15, 0.2) is 17.5 Å². The average molecular weight is 329 g/mol. The monoisotopic (exact) mass is 329 g/mol. The number of rotatable bonds is 4. The lowest BCUT2D eigenvalue weighted by molar-refractivity contribution is -0.124. The van der Waals surface area contributed by atoms with Crippen LogP contribution in [-0.2, 0) is 4.79 Å². The molecule has 0 aliphatic carbocycles. The second kappa shape index (κ2) is 7.00. The molecule has 0 bridgehead atoms. The van der Waals surface area contributed by atoms with Gasteiger partial charge in [0.25, 0.3) is 0 Å². The Labute approximate surface area is 119 Å². The van der Waals surface area contributed by atoms with E-state index in [2.05, 4.69) is 5.32 Å². The Morgan fingerprint density at radius 1 is 1.05 bits per heavy atom. The molecule has 22 heavy (non-hydrogen) atoms. The van der Waals surface area contributed by atoms with Gasteiger partial charge in [0.05, 0.1) is 12.2 Å². The molecule has 11 heteroatoms. The summed E-state index contributed by atoms with van der Waals surface area (Å²) in [7, 11) is 0. The summed E-state index contributed by atoms with van der Waals surface area (Å²) in [4.78, 5) is 22.1. The van der Waals surface area contributed by atoms with Crippen molar-refractivity contribution in [3.05, 3.63) is 29.6 Å². The Bertz CT molecular complexity index is 576. The van der Waals surface area contributed by atoms with E-state index >= 15 is 0 Å². The number of halogens is 6. The van der Waals surface area contributed by atoms with E-state index in [1.165, 1.54) is 10.6 Å². The van der Waals surface area contributed by atoms with Gasteiger partial charge in [0.1, 0.15) is 6.54 Å². The zero-order chi connectivity index (χ0) is 16.9. The molecule has 122 valence electrons. The molecule has 5 nitrogen and oxygen atoms in total. The summed E-state index contributed by atoms with van der Waals surface area (Å²) in [5.41, 5.74) is -0.551. The summed E-state index contributed by atoms with van der Waals surface area (Å²) in [5.74, 6) is -5.87. The maximum atomic E-state index is 13.2. The van der Waals surface area contributed by atoms with Gasteiger partial charge in [-0.1, -0.05) is 0 Å². The zero-order valence-corrected chi connectivity index (χ0v) is 10.7. The highest BCUT2D eigenvalue weighted by atomic mass is 19.4. The van der Waals surface area contributed by atoms with Crippen molar-refractivity contribution < 1.29 is 35.9 Å². The summed E-state index contributed by atoms with van der Waals surface area (Å²) < 4.78 is 74.1. The molecule has 1 rings (SSSR count). The van der Waals surface area contributed by atoms with Gasteiger partial charge in [0.2, 0.25) is 5.91 Å². The summed E-state index contributed by atoms with van der Waals surface area (Å²) in [5, 5.41) is 4.96. The lowest BCUT2D eigenvalue weighted by atomic mass is 10.3. The number of carbonyl (C=O) groups is 2. The van der Waals surface area contributed by atoms with Gasteiger partial charge in [-0.2, -0.15) is 13.2 Å². The Morgan fingerprint density at radius 3 is 2.27 bits per heavy atom. The van der Waals surface area contributed by atoms with E-state index in [1.807, 2.05) is 0 Å². The molecule has 0 atom stereocenters. The van der Waals surface area contributed by atoms with Crippen molar-refractivity contribution in [2.24, 2.45) is 0 Å². The summed E-state index contributed by atoms with van der Waals surface area (Å²) in [6.07, 6.45) is -4.65. The third kappa shape index (κ3) is 5.50. The number of carbonyl (C=O) groups excluding carboxylic acids is 2. The first kappa shape index (κ1) is 17.6. The molecule has 0 unspecified atom stereocenters. The van der Waals surface area contributed by atoms with Crippen LogP contribution in [0.4, 0.5) is 36.8 Å². The minimum Gasteiger partial charge on any atom is -0.374 e. The predicted molar refractivity (Wildman–Crippen MR) is 62.4 cm³/mol. The Balaban J connectivity index is 2.47. The van der Waals surface area contributed by atoms with Crippen LogP contribution in [0.15, 0.2) is 12.1 Å². The summed E-state index contributed by atoms with van der Waals surface area (Å²) in [6, 6.07) is 0.00860. The molecule has 0 radical (unpaired) electrons. The molecule has 0 saturated heterocycles. The normalized spacial score (nSPS) is 11.0. The first-order chi connectivity index (χ1) is 10.1. The number of amides is 3. The molecule has 0 heterocycles. The smallest absolute Gasteiger partial charge is 0.374 e. The number of urea groups is 1. The number of hydrogen-bond donors (Lipinski definition) is 3. The molecule has 0 saturated carbocycles. The highest BCUT2D eigenvalue weighted by Crippen LogP contribution is 2.19. The van der Waals surface area contributed by atoms with Gasteiger partial charge in [-0.05, 0) is 12.1 Å². The highest BCUT2D eigenvalue weighted by Gasteiger charge is 2.27. The number of hydrogen-bond acceptors (Lipinski definition) is 3. The zero-order valence-electron chi connectivity index (χ0n) is 10.7. The fourth-order valence-corrected chi connectivity index (χ4v) is 1.23. The van der Waals surface area contributed by atoms with Crippen molar-refractivity contribution in [3.63, 3.8) is 0 Å². The topological polar surface area (TPSA) is 70.2 Å². The van der Waals surface area contributed by atoms with Gasteiger partial charge in [-0.25, -0.2) is 18.0 Å². The molecule has 3 N–H and O–H groups in total. The van der Waals surface area contributed by atoms with Crippen LogP contribution in [0.2, 0.25) is 0 Å². The van der Waals surface area contributed by atoms with Crippen LogP contribution in [0, 0.1) is 17.5 Å². The SMILES string of the molecule is O=C(CNc1ccc(F)c(F)c1F)NC(=O)NCC(F)(F)F. The fourth-order valence-electron chi connectivity index (χ4n) is 1.23. The van der Waals surface area contributed by atoms with Crippen LogP contribution in [0.3, 0.4) is 0 Å². The van der Waals surface area contributed by atoms with E-state index in [0.717, 1.165) is 6.07 Å². The van der Waals surface area contributed by atoms with Gasteiger partial charge < -0.3 is 10.6 Å². The van der Waals surface area contributed by atoms with Crippen LogP contribution >= 0.6 is 0 Å². The van der Waals surface area contributed by atoms with Crippen molar-refractivity contribution in [1.82, 2.24) is 10.6 Å². The van der Waals surface area contributed by atoms with Gasteiger partial charge in [0, 0.05) is 0 Å². The van der Waals surface area contributed by atoms with Crippen LogP contribution in [0.25, 0.3) is 0 Å². The third-order valence-electron chi connectivity index (χ3n) is 2.18. The molecule has 1 aromatic rings. The van der Waals surface area contributed by atoms with E-state index < -0.39 is 54.3 Å². The maximum Gasteiger partial charge on any atom is 0.405 e. The third-order valence-corrected chi connectivity index (χ3v) is 2.18. The van der Waals surface area contributed by atoms with Crippen molar-refractivity contribution in [1.29, 1.82) is 0 Å². The molecule has 0 aliphatic heterocycles. The number of alkyl halides is 3. The lowest BCUT2D eigenvalue weighted by Gasteiger charge is -2.10. The van der Waals surface area contributed by atoms with Crippen LogP contribution in [0.1, 0.15) is 0 Å². The molecule has 3 amide bonds. The van der Waals surface area contributed by atoms with Crippen molar-refractivity contribution in [2.45, 2.75) is 6.18 Å². The minimum absolute atomic E-state index is 0.551. The first-order valence-corrected chi connectivity index (χ1v) is 5.62. The van der Waals surface area contributed by atoms with E-state index in [4.69, 9.17) is 0 Å². The predicted octanol–water partition coefficient (Wildman–Crippen LogP) is 1.90. The fraction of sp³-hybridized carbons (Fsp3) is 0.273. The quantitative estimate of drug-likeness (QED) is 0.584. The standard InChI is InChI=1S/C11H9F6N3O2/c12-5-1-2-6(9(14)8(5)13)18-3-7(21)20-10(22)19-4-11(15,16)17/h1-2,18H,3-4H2,(H2,19,20,21,22). The average Bonchev–Trinajstić information content (AvgIpc) is 2.41. The Morgan fingerprint density at radius 2 is 1.68 bits per heavy atom. The second-order valence-electron chi connectivity index (χ2n) is 3.92. The van der Waals surface area contributed by atoms with Crippen molar-refractivity contribution in [2.75, 3.05) is 18.4 Å². The number of benzene rings is 1. The van der Waals surface area contributed by atoms with Crippen LogP contribution < -0.4 is 16.0 Å². The van der Waals surface area contributed by atoms with Gasteiger partial charge in [-0.15, -0.1) is 0 Å². The van der Waals surface area contributed by atoms with E-state index in [0.29, 0.717) is 6.07 Å². The van der Waals surface area contributed by atoms with Crippen molar-refractivity contribution >= 4 is 17.6 Å². The maximum absolute atomic E-state index is 13.2. The number of imide groups is 1. The largest absolute Gasteiger partial charge is 0.405 e. The second-order valence-corrected chi connectivity index (χ2v) is 3.92. The molecular weight excluding hydrogens is 320 g/mol. The molecule has 0 aromatic heterocycles. The lowest BCUT2D eigenvalue weighted by Crippen LogP contribution is -2.45. The molecular formula is C11H9F6N3O2. The summed E-state index contributed by atoms with van der Waals surface area (Å²) >= 11 is 0. The number of anilines is 1. The first-order valence-electron chi connectivity index (χ1n) is 5.62. The van der Waals surface area contributed by atoms with Crippen LogP contribution in [0.5, 0.6) is 0 Å². The Kier molecular flexibility index (Phi) is 5.60. The van der Waals surface area contributed by atoms with E-state index in [9.17, 15) is 35.9 Å². The van der Waals surface area contributed by atoms with E-state index in [1.54, 1.807) is 0 Å². The molecule has 1 aromatic carbocycles. The minimum atomic E-state index is -4.65. The van der Waals surface area contributed by atoms with Crippen LogP contribution in [-0.4, -0.2) is 31.2 Å². The van der Waals surface area contributed by atoms with Gasteiger partial charge in [-0.3, -0.25) is 10.1 Å². The van der Waals surface area contributed by atoms with Gasteiger partial charge >= 0.3 is 12.2 Å². The molecule has 0 spiro atoms. The van der Waals surface area contributed by atoms with Crippen molar-refractivity contribution in [3.8, 4) is 0 Å².